The molecule has 0 aliphatic carbocycles. The molecule has 0 spiro atoms. The van der Waals surface area contributed by atoms with Crippen LogP contribution in [0.3, 0.4) is 0 Å². The molecule has 3 N–H and O–H groups in total. The molecular weight excluding hydrogens is 248 g/mol. The number of thiophene rings is 1. The fourth-order valence-electron chi connectivity index (χ4n) is 1.53. The Balaban J connectivity index is 1.94. The summed E-state index contributed by atoms with van der Waals surface area (Å²) in [4.78, 5) is 8.11. The van der Waals surface area contributed by atoms with E-state index in [0.717, 1.165) is 13.0 Å². The van der Waals surface area contributed by atoms with Gasteiger partial charge in [0.2, 0.25) is 5.88 Å². The maximum Gasteiger partial charge on any atom is 0.242 e. The van der Waals surface area contributed by atoms with Crippen LogP contribution in [0.15, 0.2) is 23.2 Å². The van der Waals surface area contributed by atoms with Crippen molar-refractivity contribution < 1.29 is 4.74 Å². The minimum atomic E-state index is 0.436. The third-order valence-electron chi connectivity index (χ3n) is 2.41. The van der Waals surface area contributed by atoms with E-state index < -0.39 is 0 Å². The molecule has 0 bridgehead atoms. The zero-order valence-corrected chi connectivity index (χ0v) is 11.0. The highest BCUT2D eigenvalue weighted by atomic mass is 32.1. The second kappa shape index (κ2) is 6.20. The molecule has 0 aliphatic heterocycles. The van der Waals surface area contributed by atoms with Crippen molar-refractivity contribution in [2.75, 3.05) is 24.2 Å². The lowest BCUT2D eigenvalue weighted by atomic mass is 10.2. The SMILES string of the molecule is CCOc1ncnc(NCCc2ccsc2)c1N. The predicted octanol–water partition coefficient (Wildman–Crippen LogP) is 2.17. The minimum Gasteiger partial charge on any atom is -0.476 e. The van der Waals surface area contributed by atoms with E-state index in [1.807, 2.05) is 6.92 Å². The molecule has 18 heavy (non-hydrogen) atoms. The highest BCUT2D eigenvalue weighted by Crippen LogP contribution is 2.24. The number of rotatable bonds is 6. The summed E-state index contributed by atoms with van der Waals surface area (Å²) in [6, 6.07) is 2.11. The zero-order valence-electron chi connectivity index (χ0n) is 10.2. The Bertz CT molecular complexity index is 487. The van der Waals surface area contributed by atoms with Crippen molar-refractivity contribution in [2.45, 2.75) is 13.3 Å². The fourth-order valence-corrected chi connectivity index (χ4v) is 2.24. The van der Waals surface area contributed by atoms with Crippen molar-refractivity contribution in [2.24, 2.45) is 0 Å². The summed E-state index contributed by atoms with van der Waals surface area (Å²) in [5.41, 5.74) is 7.69. The van der Waals surface area contributed by atoms with Gasteiger partial charge in [-0.1, -0.05) is 0 Å². The second-order valence-electron chi connectivity index (χ2n) is 3.68. The van der Waals surface area contributed by atoms with E-state index in [0.29, 0.717) is 24.0 Å². The maximum absolute atomic E-state index is 5.92. The molecule has 0 saturated heterocycles. The van der Waals surface area contributed by atoms with Crippen LogP contribution in [0.25, 0.3) is 0 Å². The molecule has 2 aromatic heterocycles. The molecule has 2 rings (SSSR count). The molecule has 0 fully saturated rings. The number of ether oxygens (including phenoxy) is 1. The second-order valence-corrected chi connectivity index (χ2v) is 4.46. The highest BCUT2D eigenvalue weighted by molar-refractivity contribution is 7.07. The van der Waals surface area contributed by atoms with Gasteiger partial charge in [0.25, 0.3) is 0 Å². The number of hydrogen-bond acceptors (Lipinski definition) is 6. The number of hydrogen-bond donors (Lipinski definition) is 2. The van der Waals surface area contributed by atoms with Gasteiger partial charge in [0.05, 0.1) is 6.61 Å². The first-order chi connectivity index (χ1) is 8.81. The molecule has 5 nitrogen and oxygen atoms in total. The third-order valence-corrected chi connectivity index (χ3v) is 3.15. The van der Waals surface area contributed by atoms with Crippen molar-refractivity contribution in [3.8, 4) is 5.88 Å². The largest absolute Gasteiger partial charge is 0.476 e. The maximum atomic E-state index is 5.92. The number of nitrogen functional groups attached to an aromatic ring is 1. The van der Waals surface area contributed by atoms with Crippen LogP contribution in [0.2, 0.25) is 0 Å². The van der Waals surface area contributed by atoms with Crippen molar-refractivity contribution in [3.05, 3.63) is 28.7 Å². The number of nitrogens with one attached hydrogen (secondary N) is 1. The molecule has 0 amide bonds. The molecule has 0 saturated carbocycles. The summed E-state index contributed by atoms with van der Waals surface area (Å²) in [5.74, 6) is 1.06. The van der Waals surface area contributed by atoms with Crippen LogP contribution in [0.4, 0.5) is 11.5 Å². The molecule has 0 aromatic carbocycles. The van der Waals surface area contributed by atoms with Crippen LogP contribution >= 0.6 is 11.3 Å². The van der Waals surface area contributed by atoms with Gasteiger partial charge in [0.1, 0.15) is 12.0 Å². The molecule has 0 radical (unpaired) electrons. The summed E-state index contributed by atoms with van der Waals surface area (Å²) in [6.45, 7) is 3.21. The number of anilines is 2. The summed E-state index contributed by atoms with van der Waals surface area (Å²) < 4.78 is 5.32. The summed E-state index contributed by atoms with van der Waals surface area (Å²) in [5, 5.41) is 7.41. The lowest BCUT2D eigenvalue weighted by Gasteiger charge is -2.10. The smallest absolute Gasteiger partial charge is 0.242 e. The van der Waals surface area contributed by atoms with Crippen molar-refractivity contribution in [1.29, 1.82) is 0 Å². The lowest BCUT2D eigenvalue weighted by molar-refractivity contribution is 0.328. The van der Waals surface area contributed by atoms with Gasteiger partial charge in [-0.3, -0.25) is 0 Å². The number of nitrogens with two attached hydrogens (primary N) is 1. The summed E-state index contributed by atoms with van der Waals surface area (Å²) in [6.07, 6.45) is 2.39. The first-order valence-electron chi connectivity index (χ1n) is 5.79. The Labute approximate surface area is 110 Å². The summed E-state index contributed by atoms with van der Waals surface area (Å²) >= 11 is 1.70. The van der Waals surface area contributed by atoms with E-state index >= 15 is 0 Å². The van der Waals surface area contributed by atoms with Crippen LogP contribution in [-0.2, 0) is 6.42 Å². The molecule has 2 heterocycles. The third kappa shape index (κ3) is 3.10. The van der Waals surface area contributed by atoms with Gasteiger partial charge < -0.3 is 15.8 Å². The van der Waals surface area contributed by atoms with Gasteiger partial charge in [-0.15, -0.1) is 0 Å². The monoisotopic (exact) mass is 264 g/mol. The van der Waals surface area contributed by atoms with Gasteiger partial charge in [0.15, 0.2) is 5.82 Å². The van der Waals surface area contributed by atoms with Crippen LogP contribution in [-0.4, -0.2) is 23.1 Å². The summed E-state index contributed by atoms with van der Waals surface area (Å²) in [7, 11) is 0. The van der Waals surface area contributed by atoms with Crippen LogP contribution in [0, 0.1) is 0 Å². The Morgan fingerprint density at radius 3 is 3.06 bits per heavy atom. The molecule has 0 aliphatic rings. The number of aromatic nitrogens is 2. The average Bonchev–Trinajstić information content (AvgIpc) is 2.87. The van der Waals surface area contributed by atoms with Crippen LogP contribution in [0.5, 0.6) is 5.88 Å². The van der Waals surface area contributed by atoms with Crippen LogP contribution in [0.1, 0.15) is 12.5 Å². The molecule has 0 atom stereocenters. The quantitative estimate of drug-likeness (QED) is 0.836. The highest BCUT2D eigenvalue weighted by Gasteiger charge is 2.08. The van der Waals surface area contributed by atoms with Crippen molar-refractivity contribution >= 4 is 22.8 Å². The Kier molecular flexibility index (Phi) is 4.35. The van der Waals surface area contributed by atoms with E-state index in [2.05, 4.69) is 32.1 Å². The van der Waals surface area contributed by atoms with Gasteiger partial charge in [-0.25, -0.2) is 4.98 Å². The lowest BCUT2D eigenvalue weighted by Crippen LogP contribution is -2.10. The molecular formula is C12H16N4OS. The molecule has 96 valence electrons. The van der Waals surface area contributed by atoms with Crippen molar-refractivity contribution in [1.82, 2.24) is 9.97 Å². The first-order valence-corrected chi connectivity index (χ1v) is 6.73. The van der Waals surface area contributed by atoms with E-state index in [1.54, 1.807) is 11.3 Å². The van der Waals surface area contributed by atoms with Gasteiger partial charge in [-0.2, -0.15) is 16.3 Å². The Morgan fingerprint density at radius 1 is 1.44 bits per heavy atom. The zero-order chi connectivity index (χ0) is 12.8. The Morgan fingerprint density at radius 2 is 2.33 bits per heavy atom. The van der Waals surface area contributed by atoms with E-state index in [9.17, 15) is 0 Å². The van der Waals surface area contributed by atoms with Gasteiger partial charge in [0, 0.05) is 6.54 Å². The fraction of sp³-hybridized carbons (Fsp3) is 0.333. The molecule has 6 heteroatoms. The molecule has 2 aromatic rings. The average molecular weight is 264 g/mol. The topological polar surface area (TPSA) is 73.1 Å². The minimum absolute atomic E-state index is 0.436. The normalized spacial score (nSPS) is 10.3. The van der Waals surface area contributed by atoms with Crippen LogP contribution < -0.4 is 15.8 Å². The first kappa shape index (κ1) is 12.6. The predicted molar refractivity (Wildman–Crippen MR) is 74.1 cm³/mol. The van der Waals surface area contributed by atoms with E-state index in [-0.39, 0.29) is 0 Å². The van der Waals surface area contributed by atoms with E-state index in [1.165, 1.54) is 11.9 Å². The van der Waals surface area contributed by atoms with Gasteiger partial charge >= 0.3 is 0 Å². The number of nitrogens with zero attached hydrogens (tertiary/aromatic N) is 2. The van der Waals surface area contributed by atoms with Crippen molar-refractivity contribution in [3.63, 3.8) is 0 Å². The Hall–Kier alpha value is -1.82. The van der Waals surface area contributed by atoms with E-state index in [4.69, 9.17) is 10.5 Å². The van der Waals surface area contributed by atoms with Gasteiger partial charge in [-0.05, 0) is 35.7 Å². The molecule has 0 unspecified atom stereocenters. The standard InChI is InChI=1S/C12H16N4OS/c1-2-17-12-10(13)11(15-8-16-12)14-5-3-9-4-6-18-7-9/h4,6-8H,2-3,5,13H2,1H3,(H,14,15,16).